The normalized spacial score (nSPS) is 12.6. The van der Waals surface area contributed by atoms with Gasteiger partial charge in [-0.3, -0.25) is 0 Å². The fourth-order valence-electron chi connectivity index (χ4n) is 1.63. The second-order valence-corrected chi connectivity index (χ2v) is 5.19. The van der Waals surface area contributed by atoms with Crippen LogP contribution in [0, 0.1) is 6.92 Å². The van der Waals surface area contributed by atoms with Gasteiger partial charge in [0.15, 0.2) is 0 Å². The van der Waals surface area contributed by atoms with E-state index in [2.05, 4.69) is 4.74 Å². The zero-order valence-electron chi connectivity index (χ0n) is 10.8. The molecule has 0 saturated carbocycles. The fourth-order valence-corrected chi connectivity index (χ4v) is 1.63. The van der Waals surface area contributed by atoms with E-state index in [1.807, 2.05) is 19.9 Å². The Hall–Kier alpha value is -1.23. The average molecular weight is 261 g/mol. The van der Waals surface area contributed by atoms with Crippen LogP contribution in [0.4, 0.5) is 13.2 Å². The molecule has 0 aliphatic heterocycles. The lowest BCUT2D eigenvalue weighted by Gasteiger charge is -2.18. The summed E-state index contributed by atoms with van der Waals surface area (Å²) in [6.07, 6.45) is -3.33. The highest BCUT2D eigenvalue weighted by atomic mass is 19.4. The second-order valence-electron chi connectivity index (χ2n) is 5.19. The average Bonchev–Trinajstić information content (AvgIpc) is 2.09. The van der Waals surface area contributed by atoms with Crippen molar-refractivity contribution < 1.29 is 17.9 Å². The summed E-state index contributed by atoms with van der Waals surface area (Å²) in [6.45, 7) is 5.51. The quantitative estimate of drug-likeness (QED) is 0.899. The fraction of sp³-hybridized carbons (Fsp3) is 0.538. The third-order valence-electron chi connectivity index (χ3n) is 2.40. The number of aryl methyl sites for hydroxylation is 2. The minimum Gasteiger partial charge on any atom is -0.406 e. The summed E-state index contributed by atoms with van der Waals surface area (Å²) in [5.41, 5.74) is 7.05. The molecule has 5 heteroatoms. The molecule has 102 valence electrons. The highest BCUT2D eigenvalue weighted by Gasteiger charge is 2.31. The number of halogens is 3. The molecule has 2 nitrogen and oxygen atoms in total. The van der Waals surface area contributed by atoms with Gasteiger partial charge in [-0.05, 0) is 56.9 Å². The van der Waals surface area contributed by atoms with Gasteiger partial charge in [0.1, 0.15) is 5.75 Å². The summed E-state index contributed by atoms with van der Waals surface area (Å²) in [5, 5.41) is 0. The van der Waals surface area contributed by atoms with Crippen LogP contribution < -0.4 is 10.5 Å². The minimum absolute atomic E-state index is 0.174. The number of rotatable bonds is 4. The maximum atomic E-state index is 12.1. The van der Waals surface area contributed by atoms with E-state index in [0.717, 1.165) is 11.1 Å². The molecule has 0 unspecified atom stereocenters. The predicted molar refractivity (Wildman–Crippen MR) is 64.4 cm³/mol. The molecule has 0 atom stereocenters. The van der Waals surface area contributed by atoms with Gasteiger partial charge in [0.05, 0.1) is 0 Å². The lowest BCUT2D eigenvalue weighted by Crippen LogP contribution is -2.32. The van der Waals surface area contributed by atoms with Crippen molar-refractivity contribution in [3.05, 3.63) is 29.3 Å². The molecule has 2 N–H and O–H groups in total. The van der Waals surface area contributed by atoms with Gasteiger partial charge < -0.3 is 10.5 Å². The standard InChI is InChI=1S/C13H18F3NO/c1-9-6-10(4-5-12(2,3)17)8-11(7-9)18-13(14,15)16/h6-8H,4-5,17H2,1-3H3. The van der Waals surface area contributed by atoms with Crippen LogP contribution >= 0.6 is 0 Å². The van der Waals surface area contributed by atoms with E-state index in [4.69, 9.17) is 5.73 Å². The molecular weight excluding hydrogens is 243 g/mol. The first kappa shape index (κ1) is 14.8. The van der Waals surface area contributed by atoms with Crippen LogP contribution in [0.15, 0.2) is 18.2 Å². The molecule has 0 heterocycles. The van der Waals surface area contributed by atoms with Gasteiger partial charge >= 0.3 is 6.36 Å². The number of hydrogen-bond acceptors (Lipinski definition) is 2. The van der Waals surface area contributed by atoms with Gasteiger partial charge in [-0.1, -0.05) is 6.07 Å². The maximum absolute atomic E-state index is 12.1. The first-order valence-electron chi connectivity index (χ1n) is 5.70. The number of benzene rings is 1. The van der Waals surface area contributed by atoms with Gasteiger partial charge in [0, 0.05) is 5.54 Å². The molecule has 0 saturated heterocycles. The molecule has 0 fully saturated rings. The molecule has 0 aliphatic rings. The maximum Gasteiger partial charge on any atom is 0.573 e. The Morgan fingerprint density at radius 2 is 1.78 bits per heavy atom. The SMILES string of the molecule is Cc1cc(CCC(C)(C)N)cc(OC(F)(F)F)c1. The molecule has 0 spiro atoms. The summed E-state index contributed by atoms with van der Waals surface area (Å²) in [7, 11) is 0. The minimum atomic E-state index is -4.65. The van der Waals surface area contributed by atoms with Crippen molar-refractivity contribution in [2.45, 2.75) is 45.5 Å². The third-order valence-corrected chi connectivity index (χ3v) is 2.40. The van der Waals surface area contributed by atoms with Gasteiger partial charge in [-0.2, -0.15) is 0 Å². The molecule has 0 bridgehead atoms. The largest absolute Gasteiger partial charge is 0.573 e. The van der Waals surface area contributed by atoms with E-state index >= 15 is 0 Å². The first-order chi connectivity index (χ1) is 8.05. The van der Waals surface area contributed by atoms with Crippen molar-refractivity contribution in [2.75, 3.05) is 0 Å². The third kappa shape index (κ3) is 5.91. The van der Waals surface area contributed by atoms with E-state index in [9.17, 15) is 13.2 Å². The zero-order valence-corrected chi connectivity index (χ0v) is 10.8. The van der Waals surface area contributed by atoms with Crippen LogP contribution in [0.1, 0.15) is 31.4 Å². The molecular formula is C13H18F3NO. The second kappa shape index (κ2) is 5.18. The van der Waals surface area contributed by atoms with Crippen LogP contribution in [0.5, 0.6) is 5.75 Å². The molecule has 0 radical (unpaired) electrons. The van der Waals surface area contributed by atoms with Crippen LogP contribution in [-0.4, -0.2) is 11.9 Å². The molecule has 1 rings (SSSR count). The molecule has 0 aliphatic carbocycles. The van der Waals surface area contributed by atoms with E-state index in [-0.39, 0.29) is 11.3 Å². The Balaban J connectivity index is 2.81. The van der Waals surface area contributed by atoms with E-state index in [1.54, 1.807) is 6.92 Å². The Kier molecular flexibility index (Phi) is 4.27. The van der Waals surface area contributed by atoms with E-state index < -0.39 is 6.36 Å². The number of ether oxygens (including phenoxy) is 1. The van der Waals surface area contributed by atoms with Crippen LogP contribution in [0.2, 0.25) is 0 Å². The molecule has 0 aromatic heterocycles. The Labute approximate surface area is 105 Å². The Morgan fingerprint density at radius 3 is 2.28 bits per heavy atom. The van der Waals surface area contributed by atoms with Crippen molar-refractivity contribution in [3.63, 3.8) is 0 Å². The molecule has 1 aromatic carbocycles. The summed E-state index contributed by atoms with van der Waals surface area (Å²) in [5.74, 6) is -0.174. The topological polar surface area (TPSA) is 35.2 Å². The zero-order chi connectivity index (χ0) is 14.0. The summed E-state index contributed by atoms with van der Waals surface area (Å²) in [4.78, 5) is 0. The summed E-state index contributed by atoms with van der Waals surface area (Å²) in [6, 6.07) is 4.62. The number of alkyl halides is 3. The molecule has 1 aromatic rings. The van der Waals surface area contributed by atoms with Crippen molar-refractivity contribution in [1.29, 1.82) is 0 Å². The summed E-state index contributed by atoms with van der Waals surface area (Å²) < 4.78 is 40.3. The van der Waals surface area contributed by atoms with Crippen LogP contribution in [-0.2, 0) is 6.42 Å². The lowest BCUT2D eigenvalue weighted by atomic mass is 9.96. The van der Waals surface area contributed by atoms with Crippen molar-refractivity contribution in [2.24, 2.45) is 5.73 Å². The Morgan fingerprint density at radius 1 is 1.17 bits per heavy atom. The van der Waals surface area contributed by atoms with Gasteiger partial charge in [0.25, 0.3) is 0 Å². The first-order valence-corrected chi connectivity index (χ1v) is 5.70. The molecule has 0 amide bonds. The van der Waals surface area contributed by atoms with Crippen LogP contribution in [0.3, 0.4) is 0 Å². The van der Waals surface area contributed by atoms with E-state index in [0.29, 0.717) is 12.8 Å². The smallest absolute Gasteiger partial charge is 0.406 e. The van der Waals surface area contributed by atoms with Crippen molar-refractivity contribution in [1.82, 2.24) is 0 Å². The predicted octanol–water partition coefficient (Wildman–Crippen LogP) is 3.56. The highest BCUT2D eigenvalue weighted by molar-refractivity contribution is 5.34. The number of nitrogens with two attached hydrogens (primary N) is 1. The van der Waals surface area contributed by atoms with Gasteiger partial charge in [0.2, 0.25) is 0 Å². The monoisotopic (exact) mass is 261 g/mol. The Bertz CT molecular complexity index is 408. The van der Waals surface area contributed by atoms with Crippen molar-refractivity contribution in [3.8, 4) is 5.75 Å². The van der Waals surface area contributed by atoms with Gasteiger partial charge in [-0.15, -0.1) is 13.2 Å². The van der Waals surface area contributed by atoms with E-state index in [1.165, 1.54) is 12.1 Å². The molecule has 18 heavy (non-hydrogen) atoms. The van der Waals surface area contributed by atoms with Crippen LogP contribution in [0.25, 0.3) is 0 Å². The highest BCUT2D eigenvalue weighted by Crippen LogP contribution is 2.25. The van der Waals surface area contributed by atoms with Crippen molar-refractivity contribution >= 4 is 0 Å². The number of hydrogen-bond donors (Lipinski definition) is 1. The van der Waals surface area contributed by atoms with Gasteiger partial charge in [-0.25, -0.2) is 0 Å². The summed E-state index contributed by atoms with van der Waals surface area (Å²) >= 11 is 0. The lowest BCUT2D eigenvalue weighted by molar-refractivity contribution is -0.274.